The van der Waals surface area contributed by atoms with Crippen LogP contribution in [0.2, 0.25) is 0 Å². The van der Waals surface area contributed by atoms with Crippen LogP contribution < -0.4 is 14.4 Å². The fraction of sp³-hybridized carbons (Fsp3) is 0.348. The number of nitrogens with one attached hydrogen (secondary N) is 1. The fourth-order valence-electron chi connectivity index (χ4n) is 3.92. The van der Waals surface area contributed by atoms with Gasteiger partial charge in [-0.3, -0.25) is 4.79 Å². The number of benzene rings is 2. The van der Waals surface area contributed by atoms with E-state index in [1.54, 1.807) is 25.3 Å². The second-order valence-electron chi connectivity index (χ2n) is 7.76. The van der Waals surface area contributed by atoms with Gasteiger partial charge in [0.1, 0.15) is 18.0 Å². The van der Waals surface area contributed by atoms with Crippen LogP contribution in [0.25, 0.3) is 6.08 Å². The Morgan fingerprint density at radius 1 is 1.18 bits per heavy atom. The van der Waals surface area contributed by atoms with Gasteiger partial charge in [0.2, 0.25) is 5.78 Å². The summed E-state index contributed by atoms with van der Waals surface area (Å²) >= 11 is 0. The number of quaternary nitrogens is 1. The summed E-state index contributed by atoms with van der Waals surface area (Å²) in [5.74, 6) is 2.37. The Bertz CT molecular complexity index is 909. The van der Waals surface area contributed by atoms with Crippen molar-refractivity contribution in [3.63, 3.8) is 0 Å². The van der Waals surface area contributed by atoms with Gasteiger partial charge < -0.3 is 19.5 Å². The van der Waals surface area contributed by atoms with Gasteiger partial charge in [0.05, 0.1) is 31.3 Å². The normalized spacial score (nSPS) is 22.8. The van der Waals surface area contributed by atoms with E-state index in [4.69, 9.17) is 9.47 Å². The van der Waals surface area contributed by atoms with Gasteiger partial charge in [-0.15, -0.1) is 0 Å². The van der Waals surface area contributed by atoms with Crippen LogP contribution in [-0.4, -0.2) is 31.1 Å². The standard InChI is InChI=1S/C23H25NO4/c1-15-9-11-24(12-10-15)14-19-20(25)8-7-18-22(26)21(28-23(18)19)13-16-3-5-17(27-2)6-4-16/h3-8,13,15,25H,9-12,14H2,1-2H3/p+1/b21-13-. The molecule has 2 aliphatic rings. The van der Waals surface area contributed by atoms with Crippen LogP contribution in [0.4, 0.5) is 0 Å². The lowest BCUT2D eigenvalue weighted by Gasteiger charge is -2.27. The topological polar surface area (TPSA) is 60.2 Å². The summed E-state index contributed by atoms with van der Waals surface area (Å²) in [5.41, 5.74) is 2.12. The van der Waals surface area contributed by atoms with Crippen LogP contribution in [0.1, 0.15) is 41.3 Å². The first kappa shape index (κ1) is 18.6. The lowest BCUT2D eigenvalue weighted by molar-refractivity contribution is -0.919. The largest absolute Gasteiger partial charge is 0.507 e. The van der Waals surface area contributed by atoms with E-state index in [1.807, 2.05) is 24.3 Å². The lowest BCUT2D eigenvalue weighted by atomic mass is 9.98. The number of hydrogen-bond donors (Lipinski definition) is 2. The van der Waals surface area contributed by atoms with Gasteiger partial charge in [0, 0.05) is 0 Å². The van der Waals surface area contributed by atoms with E-state index in [-0.39, 0.29) is 17.3 Å². The number of Topliss-reactive ketones (excluding diaryl/α,β-unsaturated/α-hetero) is 1. The molecular formula is C23H26NO4+. The smallest absolute Gasteiger partial charge is 0.231 e. The molecule has 28 heavy (non-hydrogen) atoms. The van der Waals surface area contributed by atoms with Crippen LogP contribution in [-0.2, 0) is 6.54 Å². The number of phenolic OH excluding ortho intramolecular Hbond substituents is 1. The minimum absolute atomic E-state index is 0.144. The molecule has 0 aliphatic carbocycles. The highest BCUT2D eigenvalue weighted by Gasteiger charge is 2.33. The Kier molecular flexibility index (Phi) is 5.09. The van der Waals surface area contributed by atoms with Crippen LogP contribution in [0.3, 0.4) is 0 Å². The van der Waals surface area contributed by atoms with Crippen molar-refractivity contribution >= 4 is 11.9 Å². The number of ketones is 1. The number of fused-ring (bicyclic) bond motifs is 1. The first-order chi connectivity index (χ1) is 13.5. The maximum Gasteiger partial charge on any atom is 0.231 e. The lowest BCUT2D eigenvalue weighted by Crippen LogP contribution is -3.11. The minimum atomic E-state index is -0.144. The molecule has 2 aromatic carbocycles. The zero-order valence-electron chi connectivity index (χ0n) is 16.3. The summed E-state index contributed by atoms with van der Waals surface area (Å²) in [7, 11) is 1.62. The number of phenols is 1. The monoisotopic (exact) mass is 380 g/mol. The zero-order chi connectivity index (χ0) is 19.7. The summed E-state index contributed by atoms with van der Waals surface area (Å²) in [6.07, 6.45) is 4.11. The third-order valence-corrected chi connectivity index (χ3v) is 5.74. The molecule has 2 N–H and O–H groups in total. The Morgan fingerprint density at radius 2 is 1.89 bits per heavy atom. The van der Waals surface area contributed by atoms with Crippen molar-refractivity contribution in [3.05, 3.63) is 58.8 Å². The van der Waals surface area contributed by atoms with Crippen molar-refractivity contribution in [1.29, 1.82) is 0 Å². The third-order valence-electron chi connectivity index (χ3n) is 5.74. The summed E-state index contributed by atoms with van der Waals surface area (Å²) in [6, 6.07) is 10.7. The third kappa shape index (κ3) is 3.62. The molecule has 2 aliphatic heterocycles. The van der Waals surface area contributed by atoms with Crippen molar-refractivity contribution in [2.75, 3.05) is 20.2 Å². The van der Waals surface area contributed by atoms with Gasteiger partial charge in [-0.25, -0.2) is 0 Å². The van der Waals surface area contributed by atoms with Gasteiger partial charge in [-0.2, -0.15) is 0 Å². The summed E-state index contributed by atoms with van der Waals surface area (Å²) < 4.78 is 11.1. The Labute approximate surface area is 165 Å². The molecule has 2 heterocycles. The molecule has 0 bridgehead atoms. The van der Waals surface area contributed by atoms with Gasteiger partial charge in [0.15, 0.2) is 11.5 Å². The predicted molar refractivity (Wildman–Crippen MR) is 107 cm³/mol. The van der Waals surface area contributed by atoms with E-state index in [9.17, 15) is 9.90 Å². The van der Waals surface area contributed by atoms with E-state index in [0.29, 0.717) is 17.9 Å². The van der Waals surface area contributed by atoms with Gasteiger partial charge in [0.25, 0.3) is 0 Å². The molecule has 0 aromatic heterocycles. The molecule has 4 rings (SSSR count). The highest BCUT2D eigenvalue weighted by Crippen LogP contribution is 2.39. The molecule has 0 atom stereocenters. The van der Waals surface area contributed by atoms with Gasteiger partial charge in [-0.05, 0) is 54.7 Å². The molecule has 1 fully saturated rings. The number of piperidine rings is 1. The van der Waals surface area contributed by atoms with E-state index < -0.39 is 0 Å². The summed E-state index contributed by atoms with van der Waals surface area (Å²) in [4.78, 5) is 14.2. The van der Waals surface area contributed by atoms with Crippen molar-refractivity contribution in [3.8, 4) is 17.2 Å². The number of hydrogen-bond acceptors (Lipinski definition) is 4. The molecule has 146 valence electrons. The van der Waals surface area contributed by atoms with Gasteiger partial charge in [-0.1, -0.05) is 19.1 Å². The summed E-state index contributed by atoms with van der Waals surface area (Å²) in [5, 5.41) is 10.4. The molecule has 2 aromatic rings. The highest BCUT2D eigenvalue weighted by atomic mass is 16.5. The van der Waals surface area contributed by atoms with Crippen LogP contribution in [0.5, 0.6) is 17.2 Å². The Morgan fingerprint density at radius 3 is 2.57 bits per heavy atom. The Balaban J connectivity index is 1.60. The van der Waals surface area contributed by atoms with Crippen LogP contribution >= 0.6 is 0 Å². The molecule has 0 saturated carbocycles. The van der Waals surface area contributed by atoms with E-state index in [2.05, 4.69) is 6.92 Å². The van der Waals surface area contributed by atoms with Crippen molar-refractivity contribution in [2.24, 2.45) is 5.92 Å². The molecule has 0 radical (unpaired) electrons. The molecule has 5 nitrogen and oxygen atoms in total. The number of aromatic hydroxyl groups is 1. The first-order valence-corrected chi connectivity index (χ1v) is 9.82. The second kappa shape index (κ2) is 7.68. The fourth-order valence-corrected chi connectivity index (χ4v) is 3.92. The van der Waals surface area contributed by atoms with E-state index >= 15 is 0 Å². The van der Waals surface area contributed by atoms with E-state index in [0.717, 1.165) is 35.9 Å². The molecule has 5 heteroatoms. The van der Waals surface area contributed by atoms with Gasteiger partial charge >= 0.3 is 0 Å². The highest BCUT2D eigenvalue weighted by molar-refractivity contribution is 6.14. The van der Waals surface area contributed by atoms with E-state index in [1.165, 1.54) is 17.7 Å². The van der Waals surface area contributed by atoms with Crippen LogP contribution in [0.15, 0.2) is 42.2 Å². The number of ether oxygens (including phenoxy) is 2. The number of carbonyl (C=O) groups is 1. The number of allylic oxidation sites excluding steroid dienone is 1. The predicted octanol–water partition coefficient (Wildman–Crippen LogP) is 2.83. The van der Waals surface area contributed by atoms with Crippen molar-refractivity contribution in [1.82, 2.24) is 0 Å². The molecule has 1 saturated heterocycles. The maximum absolute atomic E-state index is 12.8. The zero-order valence-corrected chi connectivity index (χ0v) is 16.3. The average molecular weight is 380 g/mol. The molecule has 0 amide bonds. The SMILES string of the molecule is COc1ccc(/C=C2\Oc3c(ccc(O)c3C[NH+]3CCC(C)CC3)C2=O)cc1. The summed E-state index contributed by atoms with van der Waals surface area (Å²) in [6.45, 7) is 5.11. The average Bonchev–Trinajstić information content (AvgIpc) is 3.02. The number of carbonyl (C=O) groups excluding carboxylic acids is 1. The molecule has 0 spiro atoms. The minimum Gasteiger partial charge on any atom is -0.507 e. The molecular weight excluding hydrogens is 354 g/mol. The number of likely N-dealkylation sites (tertiary alicyclic amines) is 1. The first-order valence-electron chi connectivity index (χ1n) is 9.82. The maximum atomic E-state index is 12.8. The number of methoxy groups -OCH3 is 1. The van der Waals surface area contributed by atoms with Crippen molar-refractivity contribution in [2.45, 2.75) is 26.3 Å². The van der Waals surface area contributed by atoms with Crippen LogP contribution in [0, 0.1) is 5.92 Å². The number of rotatable bonds is 4. The Hall–Kier alpha value is -2.79. The van der Waals surface area contributed by atoms with Crippen molar-refractivity contribution < 1.29 is 24.3 Å². The molecule has 0 unspecified atom stereocenters. The second-order valence-corrected chi connectivity index (χ2v) is 7.76. The quantitative estimate of drug-likeness (QED) is 0.801.